The summed E-state index contributed by atoms with van der Waals surface area (Å²) in [6.45, 7) is 2.26. The molecule has 0 saturated carbocycles. The molecule has 0 aliphatic carbocycles. The summed E-state index contributed by atoms with van der Waals surface area (Å²) in [5.74, 6) is -5.02. The molecule has 0 bridgehead atoms. The SMILES string of the molecule is CCCCCCCCCCC[C](=O)[Na].O=C(O)CC(O)(CC(=O)O)C(=O)O. The molecule has 8 nitrogen and oxygen atoms in total. The van der Waals surface area contributed by atoms with Crippen molar-refractivity contribution in [3.63, 3.8) is 0 Å². The quantitative estimate of drug-likeness (QED) is 0.243. The number of hydrogen-bond acceptors (Lipinski definition) is 5. The van der Waals surface area contributed by atoms with Crippen LogP contribution in [-0.2, 0) is 19.2 Å². The van der Waals surface area contributed by atoms with Gasteiger partial charge < -0.3 is 20.4 Å². The minimum absolute atomic E-state index is 0.480. The van der Waals surface area contributed by atoms with Gasteiger partial charge in [-0.15, -0.1) is 0 Å². The van der Waals surface area contributed by atoms with Crippen molar-refractivity contribution in [2.75, 3.05) is 0 Å². The largest absolute Gasteiger partial charge is 0.481 e. The van der Waals surface area contributed by atoms with E-state index in [0.717, 1.165) is 40.8 Å². The van der Waals surface area contributed by atoms with E-state index in [2.05, 4.69) is 6.92 Å². The third-order valence-electron chi connectivity index (χ3n) is 3.92. The first-order valence-electron chi connectivity index (χ1n) is 9.44. The number of carboxylic acid groups (broad SMARTS) is 3. The number of aliphatic hydroxyl groups is 1. The number of aliphatic carboxylic acids is 3. The number of carboxylic acids is 3. The molecule has 0 aromatic heterocycles. The molecule has 0 radical (unpaired) electrons. The van der Waals surface area contributed by atoms with Crippen LogP contribution in [0, 0.1) is 0 Å². The minimum atomic E-state index is -2.74. The Hall–Kier alpha value is -0.960. The van der Waals surface area contributed by atoms with E-state index in [9.17, 15) is 19.2 Å². The van der Waals surface area contributed by atoms with Crippen molar-refractivity contribution in [1.82, 2.24) is 0 Å². The van der Waals surface area contributed by atoms with Gasteiger partial charge in [0.1, 0.15) is 0 Å². The van der Waals surface area contributed by atoms with E-state index in [1.165, 1.54) is 51.4 Å². The maximum absolute atomic E-state index is 10.7. The Morgan fingerprint density at radius 3 is 1.41 bits per heavy atom. The van der Waals surface area contributed by atoms with Crippen LogP contribution < -0.4 is 0 Å². The van der Waals surface area contributed by atoms with Crippen molar-refractivity contribution in [1.29, 1.82) is 0 Å². The van der Waals surface area contributed by atoms with Gasteiger partial charge >= 0.3 is 125 Å². The van der Waals surface area contributed by atoms with Crippen LogP contribution in [0.3, 0.4) is 0 Å². The fraction of sp³-hybridized carbons (Fsp3) is 0.778. The molecule has 9 heteroatoms. The molecule has 0 saturated heterocycles. The van der Waals surface area contributed by atoms with Gasteiger partial charge in [-0.2, -0.15) is 0 Å². The summed E-state index contributed by atoms with van der Waals surface area (Å²) >= 11 is 0.751. The summed E-state index contributed by atoms with van der Waals surface area (Å²) in [6.07, 6.45) is 10.6. The zero-order valence-electron chi connectivity index (χ0n) is 16.4. The molecule has 152 valence electrons. The van der Waals surface area contributed by atoms with Gasteiger partial charge in [0.2, 0.25) is 0 Å². The van der Waals surface area contributed by atoms with Gasteiger partial charge in [-0.05, 0) is 0 Å². The zero-order valence-corrected chi connectivity index (χ0v) is 18.4. The van der Waals surface area contributed by atoms with Crippen LogP contribution in [0.4, 0.5) is 0 Å². The zero-order chi connectivity index (χ0) is 21.3. The van der Waals surface area contributed by atoms with E-state index in [4.69, 9.17) is 20.4 Å². The van der Waals surface area contributed by atoms with Crippen LogP contribution in [-0.4, -0.2) is 74.9 Å². The number of unbranched alkanes of at least 4 members (excludes halogenated alkanes) is 8. The Balaban J connectivity index is 0. The van der Waals surface area contributed by atoms with E-state index in [1.54, 1.807) is 0 Å². The first-order valence-corrected chi connectivity index (χ1v) is 10.4. The first kappa shape index (κ1) is 28.3. The average molecular weight is 398 g/mol. The van der Waals surface area contributed by atoms with Crippen LogP contribution >= 0.6 is 0 Å². The number of carbonyl (C=O) groups excluding carboxylic acids is 1. The summed E-state index contributed by atoms with van der Waals surface area (Å²) in [5.41, 5.74) is -2.74. The van der Waals surface area contributed by atoms with E-state index >= 15 is 0 Å². The molecule has 0 spiro atoms. The molecule has 0 atom stereocenters. The van der Waals surface area contributed by atoms with Gasteiger partial charge in [0.25, 0.3) is 0 Å². The van der Waals surface area contributed by atoms with Crippen molar-refractivity contribution in [2.45, 2.75) is 89.6 Å². The van der Waals surface area contributed by atoms with Crippen molar-refractivity contribution >= 4 is 48.9 Å². The summed E-state index contributed by atoms with van der Waals surface area (Å²) in [7, 11) is 0. The van der Waals surface area contributed by atoms with Crippen molar-refractivity contribution in [2.24, 2.45) is 0 Å². The number of hydrogen-bond donors (Lipinski definition) is 4. The molecule has 0 unspecified atom stereocenters. The number of carbonyl (C=O) groups is 4. The van der Waals surface area contributed by atoms with E-state index in [-0.39, 0.29) is 0 Å². The van der Waals surface area contributed by atoms with Gasteiger partial charge in [0.05, 0.1) is 12.8 Å². The predicted molar refractivity (Wildman–Crippen MR) is 99.7 cm³/mol. The fourth-order valence-electron chi connectivity index (χ4n) is 2.40. The topological polar surface area (TPSA) is 149 Å². The maximum Gasteiger partial charge on any atom is 0.336 e. The van der Waals surface area contributed by atoms with E-state index in [1.807, 2.05) is 0 Å². The molecule has 0 rings (SSSR count). The van der Waals surface area contributed by atoms with Crippen LogP contribution in [0.1, 0.15) is 84.0 Å². The molecule has 0 aromatic rings. The molecule has 0 aromatic carbocycles. The monoisotopic (exact) mass is 398 g/mol. The summed E-state index contributed by atoms with van der Waals surface area (Å²) in [4.78, 5) is 41.2. The molecule has 0 fully saturated rings. The first-order chi connectivity index (χ1) is 12.5. The Labute approximate surface area is 177 Å². The third kappa shape index (κ3) is 19.6. The van der Waals surface area contributed by atoms with Gasteiger partial charge in [-0.3, -0.25) is 9.59 Å². The van der Waals surface area contributed by atoms with Gasteiger partial charge in [-0.25, -0.2) is 4.79 Å². The smallest absolute Gasteiger partial charge is 0.336 e. The number of rotatable bonds is 15. The summed E-state index contributed by atoms with van der Waals surface area (Å²) in [5, 5.41) is 33.8. The van der Waals surface area contributed by atoms with Crippen molar-refractivity contribution in [3.05, 3.63) is 0 Å². The third-order valence-corrected chi connectivity index (χ3v) is 4.42. The minimum Gasteiger partial charge on any atom is -0.481 e. The Morgan fingerprint density at radius 2 is 1.11 bits per heavy atom. The molecular weight excluding hydrogens is 367 g/mol. The average Bonchev–Trinajstić information content (AvgIpc) is 2.52. The maximum atomic E-state index is 10.7. The summed E-state index contributed by atoms with van der Waals surface area (Å²) < 4.78 is 0.480. The Morgan fingerprint density at radius 1 is 0.741 bits per heavy atom. The summed E-state index contributed by atoms with van der Waals surface area (Å²) in [6, 6.07) is 0. The normalized spacial score (nSPS) is 10.7. The molecular formula is C18H31NaO8. The van der Waals surface area contributed by atoms with E-state index in [0.29, 0.717) is 3.03 Å². The molecule has 0 heterocycles. The van der Waals surface area contributed by atoms with Crippen LogP contribution in [0.5, 0.6) is 0 Å². The fourth-order valence-corrected chi connectivity index (χ4v) is 2.75. The van der Waals surface area contributed by atoms with Crippen LogP contribution in [0.15, 0.2) is 0 Å². The van der Waals surface area contributed by atoms with Gasteiger partial charge in [0, 0.05) is 0 Å². The van der Waals surface area contributed by atoms with Crippen LogP contribution in [0.2, 0.25) is 0 Å². The van der Waals surface area contributed by atoms with Crippen molar-refractivity contribution < 1.29 is 39.6 Å². The molecule has 0 amide bonds. The predicted octanol–water partition coefficient (Wildman–Crippen LogP) is 2.35. The van der Waals surface area contributed by atoms with E-state index < -0.39 is 36.4 Å². The second kappa shape index (κ2) is 17.2. The molecule has 4 N–H and O–H groups in total. The molecule has 0 aliphatic rings. The van der Waals surface area contributed by atoms with Crippen molar-refractivity contribution in [3.8, 4) is 0 Å². The van der Waals surface area contributed by atoms with Gasteiger partial charge in [0.15, 0.2) is 5.60 Å². The second-order valence-corrected chi connectivity index (χ2v) is 7.87. The molecule has 0 aliphatic heterocycles. The Bertz CT molecular complexity index is 448. The van der Waals surface area contributed by atoms with Gasteiger partial charge in [-0.1, -0.05) is 0 Å². The standard InChI is InChI=1S/C12H23O.C6H8O7.Na/c1-2-3-4-5-6-7-8-9-10-11-12-13;7-3(8)1-6(13,5(11)12)2-4(9)10;/h2-11H2,1H3;13H,1-2H2,(H,7,8)(H,9,10)(H,11,12);. The Kier molecular flexibility index (Phi) is 18.0. The molecule has 27 heavy (non-hydrogen) atoms. The second-order valence-electron chi connectivity index (χ2n) is 6.76. The van der Waals surface area contributed by atoms with Crippen LogP contribution in [0.25, 0.3) is 0 Å².